The third kappa shape index (κ3) is 3.42. The van der Waals surface area contributed by atoms with E-state index in [9.17, 15) is 4.79 Å². The van der Waals surface area contributed by atoms with Gasteiger partial charge in [-0.3, -0.25) is 10.1 Å². The Balaban J connectivity index is 2.17. The van der Waals surface area contributed by atoms with E-state index < -0.39 is 0 Å². The third-order valence-electron chi connectivity index (χ3n) is 4.86. The van der Waals surface area contributed by atoms with E-state index in [2.05, 4.69) is 56.9 Å². The number of hydrogen-bond donors (Lipinski definition) is 1. The summed E-state index contributed by atoms with van der Waals surface area (Å²) >= 11 is 0. The number of carbonyl (C=O) groups excluding carboxylic acids is 1. The quantitative estimate of drug-likeness (QED) is 0.845. The lowest BCUT2D eigenvalue weighted by Gasteiger charge is -2.36. The smallest absolute Gasteiger partial charge is 0.244 e. The Bertz CT molecular complexity index is 383. The first-order valence-electron chi connectivity index (χ1n) is 8.40. The van der Waals surface area contributed by atoms with Crippen molar-refractivity contribution in [3.8, 4) is 0 Å². The van der Waals surface area contributed by atoms with Gasteiger partial charge in [-0.05, 0) is 38.3 Å². The molecule has 1 N–H and O–H groups in total. The van der Waals surface area contributed by atoms with Gasteiger partial charge in [0.15, 0.2) is 0 Å². The van der Waals surface area contributed by atoms with Crippen molar-refractivity contribution in [2.45, 2.75) is 65.1 Å². The molecule has 0 radical (unpaired) electrons. The summed E-state index contributed by atoms with van der Waals surface area (Å²) in [5.41, 5.74) is -0.138. The first-order chi connectivity index (χ1) is 9.67. The van der Waals surface area contributed by atoms with Crippen LogP contribution in [0.25, 0.3) is 0 Å². The fourth-order valence-corrected chi connectivity index (χ4v) is 4.22. The first kappa shape index (κ1) is 16.8. The number of amides is 1. The summed E-state index contributed by atoms with van der Waals surface area (Å²) in [6.45, 7) is 10.8. The fraction of sp³-hybridized carbons (Fsp3) is 0.941. The maximum atomic E-state index is 13.1. The minimum atomic E-state index is -0.247. The van der Waals surface area contributed by atoms with Crippen molar-refractivity contribution < 1.29 is 4.79 Å². The fourth-order valence-electron chi connectivity index (χ4n) is 4.22. The molecule has 1 aliphatic heterocycles. The summed E-state index contributed by atoms with van der Waals surface area (Å²) in [5, 5.41) is 3.70. The molecule has 1 atom stereocenters. The standard InChI is InChI=1S/C17H33N3O/c1-13(2)14-18-17(9-7-8-10-17)15(21)20(14)12-16(3,4)11-19(5)6/h13-14,18H,7-12H2,1-6H3. The zero-order valence-electron chi connectivity index (χ0n) is 14.7. The Morgan fingerprint density at radius 2 is 1.90 bits per heavy atom. The Hall–Kier alpha value is -0.610. The monoisotopic (exact) mass is 295 g/mol. The van der Waals surface area contributed by atoms with Gasteiger partial charge in [-0.15, -0.1) is 0 Å². The average molecular weight is 295 g/mol. The molecule has 0 bridgehead atoms. The molecule has 4 nitrogen and oxygen atoms in total. The SMILES string of the molecule is CC(C)C1NC2(CCCC2)C(=O)N1CC(C)(C)CN(C)C. The van der Waals surface area contributed by atoms with Crippen LogP contribution in [0.2, 0.25) is 0 Å². The lowest BCUT2D eigenvalue weighted by atomic mass is 9.91. The second-order valence-corrected chi connectivity index (χ2v) is 8.46. The topological polar surface area (TPSA) is 35.6 Å². The van der Waals surface area contributed by atoms with E-state index in [1.165, 1.54) is 12.8 Å². The van der Waals surface area contributed by atoms with Crippen LogP contribution in [0, 0.1) is 11.3 Å². The minimum Gasteiger partial charge on any atom is -0.325 e. The Kier molecular flexibility index (Phi) is 4.69. The Morgan fingerprint density at radius 3 is 2.38 bits per heavy atom. The highest BCUT2D eigenvalue weighted by atomic mass is 16.2. The molecule has 122 valence electrons. The van der Waals surface area contributed by atoms with Gasteiger partial charge in [0.1, 0.15) is 0 Å². The number of nitrogens with zero attached hydrogens (tertiary/aromatic N) is 2. The molecule has 1 spiro atoms. The van der Waals surface area contributed by atoms with Gasteiger partial charge in [0.2, 0.25) is 5.91 Å². The highest BCUT2D eigenvalue weighted by Gasteiger charge is 2.53. The average Bonchev–Trinajstić information content (AvgIpc) is 2.89. The molecule has 2 rings (SSSR count). The summed E-state index contributed by atoms with van der Waals surface area (Å²) in [6.07, 6.45) is 4.58. The van der Waals surface area contributed by atoms with E-state index in [1.54, 1.807) is 0 Å². The Morgan fingerprint density at radius 1 is 1.33 bits per heavy atom. The number of nitrogens with one attached hydrogen (secondary N) is 1. The largest absolute Gasteiger partial charge is 0.325 e. The van der Waals surface area contributed by atoms with Crippen molar-refractivity contribution in [1.82, 2.24) is 15.1 Å². The van der Waals surface area contributed by atoms with Gasteiger partial charge in [-0.2, -0.15) is 0 Å². The molecule has 1 saturated heterocycles. The molecule has 1 amide bonds. The number of carbonyl (C=O) groups is 1. The van der Waals surface area contributed by atoms with Gasteiger partial charge in [0, 0.05) is 13.1 Å². The van der Waals surface area contributed by atoms with E-state index in [0.29, 0.717) is 11.8 Å². The van der Waals surface area contributed by atoms with Crippen LogP contribution < -0.4 is 5.32 Å². The van der Waals surface area contributed by atoms with Crippen LogP contribution in [-0.2, 0) is 4.79 Å². The molecule has 4 heteroatoms. The van der Waals surface area contributed by atoms with Crippen molar-refractivity contribution in [3.05, 3.63) is 0 Å². The van der Waals surface area contributed by atoms with Gasteiger partial charge in [0.25, 0.3) is 0 Å². The second kappa shape index (κ2) is 5.88. The lowest BCUT2D eigenvalue weighted by Crippen LogP contribution is -2.47. The van der Waals surface area contributed by atoms with Crippen LogP contribution in [0.1, 0.15) is 53.4 Å². The molecule has 1 unspecified atom stereocenters. The highest BCUT2D eigenvalue weighted by molar-refractivity contribution is 5.89. The molecule has 0 aromatic heterocycles. The Labute approximate surface area is 130 Å². The molecule has 0 aromatic carbocycles. The van der Waals surface area contributed by atoms with E-state index in [1.807, 2.05) is 0 Å². The van der Waals surface area contributed by atoms with Crippen LogP contribution in [0.5, 0.6) is 0 Å². The normalized spacial score (nSPS) is 25.8. The summed E-state index contributed by atoms with van der Waals surface area (Å²) in [6, 6.07) is 0. The molecular weight excluding hydrogens is 262 g/mol. The molecule has 1 heterocycles. The van der Waals surface area contributed by atoms with Gasteiger partial charge in [0.05, 0.1) is 11.7 Å². The van der Waals surface area contributed by atoms with Crippen molar-refractivity contribution in [2.75, 3.05) is 27.2 Å². The molecular formula is C17H33N3O. The summed E-state index contributed by atoms with van der Waals surface area (Å²) in [5.74, 6) is 0.801. The zero-order valence-corrected chi connectivity index (χ0v) is 14.7. The van der Waals surface area contributed by atoms with Crippen LogP contribution in [0.15, 0.2) is 0 Å². The molecule has 1 aliphatic carbocycles. The molecule has 2 fully saturated rings. The maximum Gasteiger partial charge on any atom is 0.244 e. The molecule has 21 heavy (non-hydrogen) atoms. The van der Waals surface area contributed by atoms with Crippen LogP contribution in [0.3, 0.4) is 0 Å². The number of hydrogen-bond acceptors (Lipinski definition) is 3. The summed E-state index contributed by atoms with van der Waals surface area (Å²) in [7, 11) is 4.20. The minimum absolute atomic E-state index is 0.109. The van der Waals surface area contributed by atoms with Gasteiger partial charge < -0.3 is 9.80 Å². The number of rotatable bonds is 5. The summed E-state index contributed by atoms with van der Waals surface area (Å²) < 4.78 is 0. The maximum absolute atomic E-state index is 13.1. The molecule has 2 aliphatic rings. The zero-order chi connectivity index (χ0) is 15.8. The van der Waals surface area contributed by atoms with Crippen LogP contribution in [0.4, 0.5) is 0 Å². The third-order valence-corrected chi connectivity index (χ3v) is 4.86. The van der Waals surface area contributed by atoms with Gasteiger partial charge in [-0.25, -0.2) is 0 Å². The molecule has 0 aromatic rings. The van der Waals surface area contributed by atoms with E-state index in [-0.39, 0.29) is 17.1 Å². The predicted molar refractivity (Wildman–Crippen MR) is 87.0 cm³/mol. The predicted octanol–water partition coefficient (Wildman–Crippen LogP) is 2.30. The lowest BCUT2D eigenvalue weighted by molar-refractivity contribution is -0.135. The van der Waals surface area contributed by atoms with Crippen LogP contribution in [-0.4, -0.2) is 54.6 Å². The van der Waals surface area contributed by atoms with Crippen molar-refractivity contribution in [3.63, 3.8) is 0 Å². The van der Waals surface area contributed by atoms with Gasteiger partial charge in [-0.1, -0.05) is 40.5 Å². The second-order valence-electron chi connectivity index (χ2n) is 8.46. The highest BCUT2D eigenvalue weighted by Crippen LogP contribution is 2.39. The molecule has 1 saturated carbocycles. The van der Waals surface area contributed by atoms with E-state index in [0.717, 1.165) is 25.9 Å². The summed E-state index contributed by atoms with van der Waals surface area (Å²) in [4.78, 5) is 17.4. The van der Waals surface area contributed by atoms with Crippen LogP contribution >= 0.6 is 0 Å². The van der Waals surface area contributed by atoms with Crippen molar-refractivity contribution in [1.29, 1.82) is 0 Å². The van der Waals surface area contributed by atoms with Gasteiger partial charge >= 0.3 is 0 Å². The van der Waals surface area contributed by atoms with E-state index >= 15 is 0 Å². The van der Waals surface area contributed by atoms with E-state index in [4.69, 9.17) is 0 Å². The first-order valence-corrected chi connectivity index (χ1v) is 8.40. The van der Waals surface area contributed by atoms with Crippen molar-refractivity contribution in [2.24, 2.45) is 11.3 Å². The van der Waals surface area contributed by atoms with Crippen molar-refractivity contribution >= 4 is 5.91 Å².